The molecular weight excluding hydrogens is 360 g/mol. The molecule has 2 rings (SSSR count). The number of ether oxygens (including phenoxy) is 2. The number of carbonyl (C=O) groups excluding carboxylic acids is 2. The lowest BCUT2D eigenvalue weighted by molar-refractivity contribution is 0.0693. The molecule has 0 spiro atoms. The Morgan fingerprint density at radius 1 is 0.889 bits per heavy atom. The lowest BCUT2D eigenvalue weighted by Crippen LogP contribution is -2.42. The Labute approximate surface area is 161 Å². The number of rotatable bonds is 5. The van der Waals surface area contributed by atoms with Gasteiger partial charge in [0.25, 0.3) is 8.32 Å². The SMILES string of the molecule is COc1ccc(C(=O)Oc2ccccc2C(=O)O[Si](C)(C)C(C)(C)C)cc1. The van der Waals surface area contributed by atoms with Crippen LogP contribution in [0.1, 0.15) is 41.5 Å². The van der Waals surface area contributed by atoms with E-state index in [1.54, 1.807) is 55.6 Å². The highest BCUT2D eigenvalue weighted by Gasteiger charge is 2.41. The van der Waals surface area contributed by atoms with E-state index in [4.69, 9.17) is 13.9 Å². The minimum absolute atomic E-state index is 0.114. The predicted molar refractivity (Wildman–Crippen MR) is 107 cm³/mol. The van der Waals surface area contributed by atoms with Gasteiger partial charge in [0.05, 0.1) is 12.7 Å². The van der Waals surface area contributed by atoms with Gasteiger partial charge in [-0.15, -0.1) is 0 Å². The molecule has 0 radical (unpaired) electrons. The Balaban J connectivity index is 2.22. The Morgan fingerprint density at radius 3 is 2.04 bits per heavy atom. The van der Waals surface area contributed by atoms with Crippen molar-refractivity contribution in [1.29, 1.82) is 0 Å². The van der Waals surface area contributed by atoms with Gasteiger partial charge in [0, 0.05) is 0 Å². The average molecular weight is 387 g/mol. The number of methoxy groups -OCH3 is 1. The molecule has 0 amide bonds. The van der Waals surface area contributed by atoms with Gasteiger partial charge in [-0.1, -0.05) is 32.9 Å². The highest BCUT2D eigenvalue weighted by atomic mass is 28.4. The van der Waals surface area contributed by atoms with Crippen molar-refractivity contribution in [3.05, 3.63) is 59.7 Å². The van der Waals surface area contributed by atoms with E-state index in [1.807, 2.05) is 13.1 Å². The summed E-state index contributed by atoms with van der Waals surface area (Å²) in [7, 11) is -0.739. The smallest absolute Gasteiger partial charge is 0.343 e. The van der Waals surface area contributed by atoms with Crippen LogP contribution in [0.2, 0.25) is 18.1 Å². The van der Waals surface area contributed by atoms with Gasteiger partial charge in [-0.3, -0.25) is 0 Å². The fourth-order valence-corrected chi connectivity index (χ4v) is 2.93. The van der Waals surface area contributed by atoms with Gasteiger partial charge >= 0.3 is 11.9 Å². The van der Waals surface area contributed by atoms with Crippen molar-refractivity contribution in [1.82, 2.24) is 0 Å². The van der Waals surface area contributed by atoms with Gasteiger partial charge < -0.3 is 13.9 Å². The molecular formula is C21H26O5Si. The highest BCUT2D eigenvalue weighted by Crippen LogP contribution is 2.37. The lowest BCUT2D eigenvalue weighted by Gasteiger charge is -2.35. The van der Waals surface area contributed by atoms with Crippen LogP contribution in [0.5, 0.6) is 11.5 Å². The monoisotopic (exact) mass is 386 g/mol. The first kappa shape index (κ1) is 20.7. The second kappa shape index (κ2) is 7.96. The number of hydrogen-bond donors (Lipinski definition) is 0. The molecule has 144 valence electrons. The molecule has 0 aliphatic rings. The fraction of sp³-hybridized carbons (Fsp3) is 0.333. The van der Waals surface area contributed by atoms with Crippen LogP contribution >= 0.6 is 0 Å². The second-order valence-corrected chi connectivity index (χ2v) is 12.5. The molecule has 0 atom stereocenters. The summed E-state index contributed by atoms with van der Waals surface area (Å²) in [5, 5.41) is -0.114. The Kier molecular flexibility index (Phi) is 6.10. The third-order valence-corrected chi connectivity index (χ3v) is 9.10. The largest absolute Gasteiger partial charge is 0.516 e. The van der Waals surface area contributed by atoms with E-state index < -0.39 is 20.3 Å². The quantitative estimate of drug-likeness (QED) is 0.407. The van der Waals surface area contributed by atoms with Gasteiger partial charge in [-0.25, -0.2) is 9.59 Å². The lowest BCUT2D eigenvalue weighted by atomic mass is 10.2. The third kappa shape index (κ3) is 4.98. The second-order valence-electron chi connectivity index (χ2n) is 7.76. The molecule has 0 bridgehead atoms. The normalized spacial score (nSPS) is 11.6. The number of esters is 1. The molecule has 0 aliphatic heterocycles. The van der Waals surface area contributed by atoms with Crippen LogP contribution in [0.25, 0.3) is 0 Å². The van der Waals surface area contributed by atoms with E-state index in [9.17, 15) is 9.59 Å². The molecule has 27 heavy (non-hydrogen) atoms. The van der Waals surface area contributed by atoms with Gasteiger partial charge in [0.1, 0.15) is 17.1 Å². The van der Waals surface area contributed by atoms with E-state index in [2.05, 4.69) is 20.8 Å². The first-order valence-corrected chi connectivity index (χ1v) is 11.6. The van der Waals surface area contributed by atoms with Crippen molar-refractivity contribution < 1.29 is 23.5 Å². The summed E-state index contributed by atoms with van der Waals surface area (Å²) >= 11 is 0. The Hall–Kier alpha value is -2.60. The minimum atomic E-state index is -2.29. The average Bonchev–Trinajstić information content (AvgIpc) is 2.60. The van der Waals surface area contributed by atoms with Crippen molar-refractivity contribution in [3.63, 3.8) is 0 Å². The minimum Gasteiger partial charge on any atom is -0.516 e. The molecule has 0 heterocycles. The van der Waals surface area contributed by atoms with Crippen LogP contribution in [-0.4, -0.2) is 27.4 Å². The van der Waals surface area contributed by atoms with Crippen molar-refractivity contribution in [2.75, 3.05) is 7.11 Å². The summed E-state index contributed by atoms with van der Waals surface area (Å²) in [5.74, 6) is -0.197. The highest BCUT2D eigenvalue weighted by molar-refractivity contribution is 6.75. The van der Waals surface area contributed by atoms with Crippen molar-refractivity contribution in [2.45, 2.75) is 38.9 Å². The van der Waals surface area contributed by atoms with Crippen LogP contribution < -0.4 is 9.47 Å². The maximum Gasteiger partial charge on any atom is 0.343 e. The van der Waals surface area contributed by atoms with Crippen molar-refractivity contribution in [3.8, 4) is 11.5 Å². The van der Waals surface area contributed by atoms with Crippen LogP contribution in [0.4, 0.5) is 0 Å². The summed E-state index contributed by atoms with van der Waals surface area (Å²) in [5.41, 5.74) is 0.604. The molecule has 0 unspecified atom stereocenters. The maximum absolute atomic E-state index is 12.7. The van der Waals surface area contributed by atoms with E-state index in [-0.39, 0.29) is 16.4 Å². The molecule has 0 fully saturated rings. The van der Waals surface area contributed by atoms with Crippen LogP contribution in [-0.2, 0) is 4.43 Å². The molecule has 0 saturated carbocycles. The van der Waals surface area contributed by atoms with Gasteiger partial charge in [-0.2, -0.15) is 0 Å². The first-order valence-electron chi connectivity index (χ1n) is 8.74. The van der Waals surface area contributed by atoms with Gasteiger partial charge in [-0.05, 0) is 54.5 Å². The summed E-state index contributed by atoms with van der Waals surface area (Å²) in [6, 6.07) is 13.2. The molecule has 2 aromatic carbocycles. The summed E-state index contributed by atoms with van der Waals surface area (Å²) < 4.78 is 16.4. The standard InChI is InChI=1S/C21H26O5Si/c1-21(2,3)27(5,6)26-20(23)17-9-7-8-10-18(17)25-19(22)15-11-13-16(24-4)14-12-15/h7-14H,1-6H3. The van der Waals surface area contributed by atoms with E-state index in [0.717, 1.165) is 0 Å². The summed E-state index contributed by atoms with van der Waals surface area (Å²) in [6.45, 7) is 10.2. The Morgan fingerprint density at radius 2 is 1.48 bits per heavy atom. The molecule has 0 aliphatic carbocycles. The topological polar surface area (TPSA) is 61.8 Å². The van der Waals surface area contributed by atoms with Crippen LogP contribution in [0.3, 0.4) is 0 Å². The van der Waals surface area contributed by atoms with Crippen LogP contribution in [0, 0.1) is 0 Å². The first-order chi connectivity index (χ1) is 12.5. The molecule has 0 aromatic heterocycles. The number of benzene rings is 2. The molecule has 5 nitrogen and oxygen atoms in total. The zero-order valence-corrected chi connectivity index (χ0v) is 17.7. The zero-order chi connectivity index (χ0) is 20.2. The summed E-state index contributed by atoms with van der Waals surface area (Å²) in [4.78, 5) is 25.2. The van der Waals surface area contributed by atoms with Gasteiger partial charge in [0.15, 0.2) is 0 Å². The van der Waals surface area contributed by atoms with E-state index >= 15 is 0 Å². The van der Waals surface area contributed by atoms with Crippen LogP contribution in [0.15, 0.2) is 48.5 Å². The van der Waals surface area contributed by atoms with E-state index in [0.29, 0.717) is 11.3 Å². The third-order valence-electron chi connectivity index (χ3n) is 4.79. The Bertz CT molecular complexity index is 819. The number of para-hydroxylation sites is 1. The van der Waals surface area contributed by atoms with Gasteiger partial charge in [0.2, 0.25) is 0 Å². The molecule has 0 saturated heterocycles. The zero-order valence-electron chi connectivity index (χ0n) is 16.7. The van der Waals surface area contributed by atoms with Crippen molar-refractivity contribution in [2.24, 2.45) is 0 Å². The fourth-order valence-electron chi connectivity index (χ4n) is 2.05. The van der Waals surface area contributed by atoms with Crippen molar-refractivity contribution >= 4 is 20.3 Å². The molecule has 2 aromatic rings. The molecule has 6 heteroatoms. The maximum atomic E-state index is 12.7. The number of hydrogen-bond acceptors (Lipinski definition) is 5. The predicted octanol–water partition coefficient (Wildman–Crippen LogP) is 5.08. The molecule has 0 N–H and O–H groups in total. The van der Waals surface area contributed by atoms with E-state index in [1.165, 1.54) is 0 Å². The summed E-state index contributed by atoms with van der Waals surface area (Å²) in [6.07, 6.45) is 0. The number of carbonyl (C=O) groups is 2.